The maximum absolute atomic E-state index is 12.7. The second-order valence-electron chi connectivity index (χ2n) is 7.14. The van der Waals surface area contributed by atoms with Crippen molar-refractivity contribution >= 4 is 17.6 Å². The Morgan fingerprint density at radius 2 is 1.96 bits per heavy atom. The Morgan fingerprint density at radius 3 is 2.62 bits per heavy atom. The highest BCUT2D eigenvalue weighted by atomic mass is 16.2. The number of pyridine rings is 1. The molecule has 1 aliphatic carbocycles. The van der Waals surface area contributed by atoms with Gasteiger partial charge in [-0.05, 0) is 37.8 Å². The number of piperidine rings is 1. The van der Waals surface area contributed by atoms with Gasteiger partial charge in [0.2, 0.25) is 11.8 Å². The van der Waals surface area contributed by atoms with Gasteiger partial charge in [0.1, 0.15) is 5.82 Å². The highest BCUT2D eigenvalue weighted by Crippen LogP contribution is 2.33. The maximum atomic E-state index is 12.7. The number of carbonyl (C=O) groups excluding carboxylic acids is 2. The Labute approximate surface area is 142 Å². The Kier molecular flexibility index (Phi) is 4.12. The van der Waals surface area contributed by atoms with Crippen LogP contribution in [0.2, 0.25) is 0 Å². The van der Waals surface area contributed by atoms with Crippen molar-refractivity contribution in [2.24, 2.45) is 5.92 Å². The Hall–Kier alpha value is -2.11. The fraction of sp³-hybridized carbons (Fsp3) is 0.611. The average Bonchev–Trinajstić information content (AvgIpc) is 3.38. The van der Waals surface area contributed by atoms with Gasteiger partial charge in [-0.2, -0.15) is 0 Å². The van der Waals surface area contributed by atoms with Crippen molar-refractivity contribution in [2.45, 2.75) is 44.2 Å². The van der Waals surface area contributed by atoms with Crippen molar-refractivity contribution in [3.8, 4) is 0 Å². The number of nitrogens with zero attached hydrogens (tertiary/aromatic N) is 3. The second kappa shape index (κ2) is 6.42. The molecule has 0 unspecified atom stereocenters. The quantitative estimate of drug-likeness (QED) is 0.909. The van der Waals surface area contributed by atoms with Gasteiger partial charge in [0, 0.05) is 44.3 Å². The number of rotatable bonds is 4. The number of carbonyl (C=O) groups is 2. The van der Waals surface area contributed by atoms with Crippen LogP contribution in [-0.4, -0.2) is 58.3 Å². The van der Waals surface area contributed by atoms with Gasteiger partial charge < -0.3 is 15.1 Å². The van der Waals surface area contributed by atoms with Gasteiger partial charge in [0.05, 0.1) is 5.92 Å². The van der Waals surface area contributed by atoms with Crippen molar-refractivity contribution in [1.82, 2.24) is 14.8 Å². The van der Waals surface area contributed by atoms with Crippen LogP contribution < -0.4 is 5.32 Å². The van der Waals surface area contributed by atoms with E-state index in [1.807, 2.05) is 28.0 Å². The number of anilines is 1. The SMILES string of the molecule is O=C([C@H]1CC(=O)N(C2CC2)C1)N1CCC(Nc2ccccn2)CC1. The van der Waals surface area contributed by atoms with Gasteiger partial charge >= 0.3 is 0 Å². The van der Waals surface area contributed by atoms with E-state index >= 15 is 0 Å². The van der Waals surface area contributed by atoms with Crippen LogP contribution in [0.15, 0.2) is 24.4 Å². The molecular weight excluding hydrogens is 304 g/mol. The Morgan fingerprint density at radius 1 is 1.17 bits per heavy atom. The predicted octanol–water partition coefficient (Wildman–Crippen LogP) is 1.50. The molecule has 4 rings (SSSR count). The molecule has 2 aliphatic heterocycles. The van der Waals surface area contributed by atoms with E-state index < -0.39 is 0 Å². The minimum atomic E-state index is -0.126. The van der Waals surface area contributed by atoms with Crippen LogP contribution >= 0.6 is 0 Å². The summed E-state index contributed by atoms with van der Waals surface area (Å²) in [5.41, 5.74) is 0. The molecule has 1 atom stereocenters. The summed E-state index contributed by atoms with van der Waals surface area (Å²) in [6, 6.07) is 6.62. The maximum Gasteiger partial charge on any atom is 0.227 e. The molecule has 1 saturated carbocycles. The molecule has 24 heavy (non-hydrogen) atoms. The fourth-order valence-electron chi connectivity index (χ4n) is 3.80. The molecule has 3 aliphatic rings. The number of hydrogen-bond acceptors (Lipinski definition) is 4. The Bertz CT molecular complexity index is 609. The monoisotopic (exact) mass is 328 g/mol. The summed E-state index contributed by atoms with van der Waals surface area (Å²) < 4.78 is 0. The third-order valence-electron chi connectivity index (χ3n) is 5.32. The van der Waals surface area contributed by atoms with Gasteiger partial charge in [-0.1, -0.05) is 6.07 Å². The highest BCUT2D eigenvalue weighted by molar-refractivity contribution is 5.89. The molecule has 1 aromatic heterocycles. The first-order chi connectivity index (χ1) is 11.7. The summed E-state index contributed by atoms with van der Waals surface area (Å²) in [6.07, 6.45) is 6.25. The number of aromatic nitrogens is 1. The number of amides is 2. The lowest BCUT2D eigenvalue weighted by atomic mass is 10.0. The minimum Gasteiger partial charge on any atom is -0.367 e. The lowest BCUT2D eigenvalue weighted by molar-refractivity contribution is -0.136. The molecule has 0 bridgehead atoms. The molecule has 6 nitrogen and oxygen atoms in total. The zero-order valence-electron chi connectivity index (χ0n) is 13.9. The van der Waals surface area contributed by atoms with Crippen LogP contribution in [0.3, 0.4) is 0 Å². The summed E-state index contributed by atoms with van der Waals surface area (Å²) in [6.45, 7) is 2.16. The predicted molar refractivity (Wildman–Crippen MR) is 90.3 cm³/mol. The minimum absolute atomic E-state index is 0.126. The van der Waals surface area contributed by atoms with Crippen molar-refractivity contribution in [2.75, 3.05) is 25.0 Å². The summed E-state index contributed by atoms with van der Waals surface area (Å²) in [5.74, 6) is 1.10. The second-order valence-corrected chi connectivity index (χ2v) is 7.14. The summed E-state index contributed by atoms with van der Waals surface area (Å²) in [5, 5.41) is 3.44. The Balaban J connectivity index is 1.28. The molecule has 2 saturated heterocycles. The molecular formula is C18H24N4O2. The third kappa shape index (κ3) is 3.23. The lowest BCUT2D eigenvalue weighted by Gasteiger charge is -2.34. The fourth-order valence-corrected chi connectivity index (χ4v) is 3.80. The highest BCUT2D eigenvalue weighted by Gasteiger charge is 2.43. The van der Waals surface area contributed by atoms with E-state index in [-0.39, 0.29) is 17.7 Å². The standard InChI is InChI=1S/C18H24N4O2/c23-17-11-13(12-22(17)15-4-5-15)18(24)21-9-6-14(7-10-21)20-16-3-1-2-8-19-16/h1-3,8,13-15H,4-7,9-12H2,(H,19,20)/t13-/m0/s1. The van der Waals surface area contributed by atoms with Crippen molar-refractivity contribution in [3.63, 3.8) is 0 Å². The molecule has 0 aromatic carbocycles. The largest absolute Gasteiger partial charge is 0.367 e. The van der Waals surface area contributed by atoms with E-state index in [9.17, 15) is 9.59 Å². The molecule has 0 radical (unpaired) electrons. The van der Waals surface area contributed by atoms with E-state index in [1.165, 1.54) is 0 Å². The van der Waals surface area contributed by atoms with Crippen LogP contribution in [0.25, 0.3) is 0 Å². The van der Waals surface area contributed by atoms with Crippen LogP contribution in [0.5, 0.6) is 0 Å². The van der Waals surface area contributed by atoms with Gasteiger partial charge in [0.15, 0.2) is 0 Å². The topological polar surface area (TPSA) is 65.5 Å². The molecule has 0 spiro atoms. The van der Waals surface area contributed by atoms with Crippen molar-refractivity contribution in [1.29, 1.82) is 0 Å². The zero-order chi connectivity index (χ0) is 16.5. The van der Waals surface area contributed by atoms with Crippen molar-refractivity contribution < 1.29 is 9.59 Å². The molecule has 2 amide bonds. The van der Waals surface area contributed by atoms with E-state index in [0.717, 1.165) is 44.6 Å². The summed E-state index contributed by atoms with van der Waals surface area (Å²) >= 11 is 0. The van der Waals surface area contributed by atoms with Crippen LogP contribution in [0, 0.1) is 5.92 Å². The van der Waals surface area contributed by atoms with Crippen LogP contribution in [0.1, 0.15) is 32.1 Å². The normalized spacial score (nSPS) is 25.2. The number of hydrogen-bond donors (Lipinski definition) is 1. The first-order valence-corrected chi connectivity index (χ1v) is 8.96. The molecule has 128 valence electrons. The van der Waals surface area contributed by atoms with Gasteiger partial charge in [-0.25, -0.2) is 4.98 Å². The van der Waals surface area contributed by atoms with E-state index in [0.29, 0.717) is 25.0 Å². The van der Waals surface area contributed by atoms with Gasteiger partial charge in [0.25, 0.3) is 0 Å². The molecule has 6 heteroatoms. The first kappa shape index (κ1) is 15.4. The third-order valence-corrected chi connectivity index (χ3v) is 5.32. The van der Waals surface area contributed by atoms with Gasteiger partial charge in [-0.15, -0.1) is 0 Å². The molecule has 3 heterocycles. The van der Waals surface area contributed by atoms with E-state index in [2.05, 4.69) is 10.3 Å². The number of likely N-dealkylation sites (tertiary alicyclic amines) is 2. The molecule has 1 N–H and O–H groups in total. The van der Waals surface area contributed by atoms with Gasteiger partial charge in [-0.3, -0.25) is 9.59 Å². The molecule has 1 aromatic rings. The summed E-state index contributed by atoms with van der Waals surface area (Å²) in [7, 11) is 0. The van der Waals surface area contributed by atoms with Crippen molar-refractivity contribution in [3.05, 3.63) is 24.4 Å². The van der Waals surface area contributed by atoms with Crippen LogP contribution in [-0.2, 0) is 9.59 Å². The first-order valence-electron chi connectivity index (χ1n) is 8.96. The van der Waals surface area contributed by atoms with E-state index in [4.69, 9.17) is 0 Å². The lowest BCUT2D eigenvalue weighted by Crippen LogP contribution is -2.45. The summed E-state index contributed by atoms with van der Waals surface area (Å²) in [4.78, 5) is 32.9. The van der Waals surface area contributed by atoms with Crippen LogP contribution in [0.4, 0.5) is 5.82 Å². The zero-order valence-corrected chi connectivity index (χ0v) is 13.9. The number of nitrogens with one attached hydrogen (secondary N) is 1. The van der Waals surface area contributed by atoms with E-state index in [1.54, 1.807) is 6.20 Å². The molecule has 3 fully saturated rings. The average molecular weight is 328 g/mol. The smallest absolute Gasteiger partial charge is 0.227 e.